The molecule has 0 fully saturated rings. The van der Waals surface area contributed by atoms with Gasteiger partial charge < -0.3 is 19.7 Å². The number of thiocarbonyl (C=S) groups is 1. The van der Waals surface area contributed by atoms with Crippen LogP contribution in [-0.2, 0) is 13.0 Å². The topological polar surface area (TPSA) is 85.5 Å². The van der Waals surface area contributed by atoms with E-state index in [1.807, 2.05) is 36.4 Å². The summed E-state index contributed by atoms with van der Waals surface area (Å²) >= 11 is 7.35. The molecule has 0 saturated heterocycles. The molecule has 1 aliphatic heterocycles. The van der Waals surface area contributed by atoms with Crippen molar-refractivity contribution in [1.82, 2.24) is 20.2 Å². The predicted octanol–water partition coefficient (Wildman–Crippen LogP) is 4.12. The van der Waals surface area contributed by atoms with E-state index in [0.717, 1.165) is 34.9 Å². The van der Waals surface area contributed by atoms with E-state index in [-0.39, 0.29) is 0 Å². The molecule has 0 spiro atoms. The summed E-state index contributed by atoms with van der Waals surface area (Å²) in [6.45, 7) is 1.50. The Morgan fingerprint density at radius 1 is 1.16 bits per heavy atom. The number of methoxy groups -OCH3 is 2. The average molecular weight is 454 g/mol. The van der Waals surface area contributed by atoms with Crippen molar-refractivity contribution in [2.24, 2.45) is 0 Å². The van der Waals surface area contributed by atoms with Gasteiger partial charge in [0.05, 0.1) is 32.1 Å². The molecule has 1 aliphatic rings. The second kappa shape index (κ2) is 8.12. The first kappa shape index (κ1) is 19.7. The van der Waals surface area contributed by atoms with Gasteiger partial charge in [-0.2, -0.15) is 0 Å². The maximum Gasteiger partial charge on any atom is 0.173 e. The van der Waals surface area contributed by atoms with Gasteiger partial charge >= 0.3 is 0 Å². The smallest absolute Gasteiger partial charge is 0.173 e. The summed E-state index contributed by atoms with van der Waals surface area (Å²) in [6.07, 6.45) is 0.830. The minimum Gasteiger partial charge on any atom is -0.493 e. The summed E-state index contributed by atoms with van der Waals surface area (Å²) in [5, 5.41) is 12.7. The largest absolute Gasteiger partial charge is 0.493 e. The first-order valence-electron chi connectivity index (χ1n) is 9.64. The summed E-state index contributed by atoms with van der Waals surface area (Å²) in [4.78, 5) is 8.21. The van der Waals surface area contributed by atoms with Gasteiger partial charge in [0.1, 0.15) is 10.5 Å². The van der Waals surface area contributed by atoms with E-state index >= 15 is 0 Å². The number of hydrogen-bond acceptors (Lipinski definition) is 8. The van der Waals surface area contributed by atoms with Crippen LogP contribution in [-0.4, -0.2) is 46.1 Å². The lowest BCUT2D eigenvalue weighted by atomic mass is 10.2. The molecule has 5 rings (SSSR count). The fourth-order valence-corrected chi connectivity index (χ4v) is 4.95. The molecule has 1 N–H and O–H groups in total. The van der Waals surface area contributed by atoms with Gasteiger partial charge in [0.2, 0.25) is 0 Å². The Labute approximate surface area is 187 Å². The van der Waals surface area contributed by atoms with E-state index in [0.29, 0.717) is 34.2 Å². The van der Waals surface area contributed by atoms with Crippen molar-refractivity contribution in [3.05, 3.63) is 47.0 Å². The van der Waals surface area contributed by atoms with Crippen LogP contribution in [0.2, 0.25) is 0 Å². The third kappa shape index (κ3) is 3.68. The lowest BCUT2D eigenvalue weighted by molar-refractivity contribution is 0.315. The molecule has 8 nitrogen and oxygen atoms in total. The molecular formula is C21H19N5O3S2. The van der Waals surface area contributed by atoms with E-state index < -0.39 is 0 Å². The minimum atomic E-state index is 0.641. The van der Waals surface area contributed by atoms with E-state index in [2.05, 4.69) is 20.5 Å². The van der Waals surface area contributed by atoms with Crippen molar-refractivity contribution < 1.29 is 14.1 Å². The van der Waals surface area contributed by atoms with Crippen molar-refractivity contribution in [1.29, 1.82) is 0 Å². The lowest BCUT2D eigenvalue weighted by Gasteiger charge is -2.28. The minimum absolute atomic E-state index is 0.641. The van der Waals surface area contributed by atoms with E-state index in [4.69, 9.17) is 31.3 Å². The van der Waals surface area contributed by atoms with Crippen molar-refractivity contribution in [3.8, 4) is 22.1 Å². The van der Waals surface area contributed by atoms with Crippen molar-refractivity contribution in [3.63, 3.8) is 0 Å². The third-order valence-corrected chi connectivity index (χ3v) is 6.67. The average Bonchev–Trinajstić information content (AvgIpc) is 3.45. The molecule has 0 atom stereocenters. The normalized spacial score (nSPS) is 13.2. The zero-order chi connectivity index (χ0) is 21.4. The summed E-state index contributed by atoms with van der Waals surface area (Å²) < 4.78 is 15.6. The number of thiazole rings is 1. The molecule has 31 heavy (non-hydrogen) atoms. The SMILES string of the molecule is COc1ccc(-c2nc3c(s2)CN(C(=S)Nc2cccc4nonc24)CC3)cc1OC. The molecule has 158 valence electrons. The second-order valence-electron chi connectivity index (χ2n) is 7.00. The van der Waals surface area contributed by atoms with Crippen LogP contribution in [0.25, 0.3) is 21.6 Å². The fourth-order valence-electron chi connectivity index (χ4n) is 3.56. The molecule has 2 aromatic carbocycles. The number of nitrogens with zero attached hydrogens (tertiary/aromatic N) is 4. The van der Waals surface area contributed by atoms with Gasteiger partial charge in [-0.05, 0) is 52.9 Å². The Balaban J connectivity index is 1.35. The zero-order valence-electron chi connectivity index (χ0n) is 16.9. The Hall–Kier alpha value is -3.24. The Kier molecular flexibility index (Phi) is 5.16. The van der Waals surface area contributed by atoms with Crippen LogP contribution in [0.15, 0.2) is 41.0 Å². The number of anilines is 1. The number of rotatable bonds is 4. The van der Waals surface area contributed by atoms with Gasteiger partial charge in [0, 0.05) is 23.4 Å². The van der Waals surface area contributed by atoms with Gasteiger partial charge in [-0.15, -0.1) is 11.3 Å². The van der Waals surface area contributed by atoms with E-state index in [1.54, 1.807) is 25.6 Å². The number of aromatic nitrogens is 3. The maximum atomic E-state index is 5.67. The van der Waals surface area contributed by atoms with Crippen LogP contribution >= 0.6 is 23.6 Å². The highest BCUT2D eigenvalue weighted by atomic mass is 32.1. The van der Waals surface area contributed by atoms with Gasteiger partial charge in [-0.3, -0.25) is 0 Å². The standard InChI is InChI=1S/C21H19N5O3S2/c1-27-16-7-6-12(10-17(16)28-2)20-22-13-8-9-26(11-18(13)31-20)21(30)23-14-4-3-5-15-19(14)25-29-24-15/h3-7,10H,8-9,11H2,1-2H3,(H,23,30). The monoisotopic (exact) mass is 453 g/mol. The van der Waals surface area contributed by atoms with Crippen LogP contribution in [0, 0.1) is 0 Å². The molecule has 0 aliphatic carbocycles. The number of hydrogen-bond donors (Lipinski definition) is 1. The Morgan fingerprint density at radius 2 is 2.03 bits per heavy atom. The van der Waals surface area contributed by atoms with Crippen LogP contribution in [0.4, 0.5) is 5.69 Å². The van der Waals surface area contributed by atoms with Crippen LogP contribution < -0.4 is 14.8 Å². The third-order valence-electron chi connectivity index (χ3n) is 5.18. The highest BCUT2D eigenvalue weighted by Crippen LogP contribution is 2.36. The van der Waals surface area contributed by atoms with E-state index in [1.165, 1.54) is 4.88 Å². The molecule has 0 saturated carbocycles. The Bertz CT molecular complexity index is 1270. The summed E-state index contributed by atoms with van der Waals surface area (Å²) in [7, 11) is 3.26. The van der Waals surface area contributed by atoms with Gasteiger partial charge in [0.25, 0.3) is 0 Å². The molecule has 4 aromatic rings. The maximum absolute atomic E-state index is 5.67. The molecular weight excluding hydrogens is 434 g/mol. The first-order chi connectivity index (χ1) is 15.2. The molecule has 0 amide bonds. The fraction of sp³-hybridized carbons (Fsp3) is 0.238. The van der Waals surface area contributed by atoms with E-state index in [9.17, 15) is 0 Å². The summed E-state index contributed by atoms with van der Waals surface area (Å²) in [6, 6.07) is 11.5. The number of benzene rings is 2. The number of fused-ring (bicyclic) bond motifs is 2. The highest BCUT2D eigenvalue weighted by Gasteiger charge is 2.24. The summed E-state index contributed by atoms with van der Waals surface area (Å²) in [5.41, 5.74) is 4.27. The predicted molar refractivity (Wildman–Crippen MR) is 123 cm³/mol. The lowest BCUT2D eigenvalue weighted by Crippen LogP contribution is -2.38. The summed E-state index contributed by atoms with van der Waals surface area (Å²) in [5.74, 6) is 1.39. The van der Waals surface area contributed by atoms with Crippen molar-refractivity contribution in [2.45, 2.75) is 13.0 Å². The van der Waals surface area contributed by atoms with Crippen LogP contribution in [0.3, 0.4) is 0 Å². The second-order valence-corrected chi connectivity index (χ2v) is 8.47. The van der Waals surface area contributed by atoms with Gasteiger partial charge in [-0.1, -0.05) is 6.07 Å². The molecule has 2 aromatic heterocycles. The zero-order valence-corrected chi connectivity index (χ0v) is 18.5. The van der Waals surface area contributed by atoms with Crippen LogP contribution in [0.5, 0.6) is 11.5 Å². The molecule has 0 unspecified atom stereocenters. The highest BCUT2D eigenvalue weighted by molar-refractivity contribution is 7.80. The van der Waals surface area contributed by atoms with Gasteiger partial charge in [0.15, 0.2) is 22.1 Å². The molecule has 3 heterocycles. The van der Waals surface area contributed by atoms with Gasteiger partial charge in [-0.25, -0.2) is 9.61 Å². The molecule has 0 radical (unpaired) electrons. The Morgan fingerprint density at radius 3 is 2.87 bits per heavy atom. The number of nitrogens with one attached hydrogen (secondary N) is 1. The first-order valence-corrected chi connectivity index (χ1v) is 10.9. The molecule has 0 bridgehead atoms. The van der Waals surface area contributed by atoms with Crippen molar-refractivity contribution in [2.75, 3.05) is 26.1 Å². The molecule has 10 heteroatoms. The number of ether oxygens (including phenoxy) is 2. The quantitative estimate of drug-likeness (QED) is 0.459. The van der Waals surface area contributed by atoms with Crippen molar-refractivity contribution >= 4 is 45.4 Å². The van der Waals surface area contributed by atoms with Crippen LogP contribution in [0.1, 0.15) is 10.6 Å².